The summed E-state index contributed by atoms with van der Waals surface area (Å²) in [4.78, 5) is 1.96. The van der Waals surface area contributed by atoms with E-state index in [9.17, 15) is 5.11 Å². The van der Waals surface area contributed by atoms with Gasteiger partial charge in [-0.05, 0) is 30.2 Å². The summed E-state index contributed by atoms with van der Waals surface area (Å²) < 4.78 is 12.9. The van der Waals surface area contributed by atoms with Crippen molar-refractivity contribution in [2.45, 2.75) is 34.8 Å². The lowest BCUT2D eigenvalue weighted by Gasteiger charge is -2.34. The fourth-order valence-corrected chi connectivity index (χ4v) is 5.52. The Balaban J connectivity index is 1.47. The molecule has 0 aromatic heterocycles. The topological polar surface area (TPSA) is 38.7 Å². The molecule has 4 heteroatoms. The molecular formula is C26H20O3S. The van der Waals surface area contributed by atoms with Crippen LogP contribution in [0.1, 0.15) is 17.5 Å². The van der Waals surface area contributed by atoms with E-state index in [0.717, 1.165) is 50.5 Å². The summed E-state index contributed by atoms with van der Waals surface area (Å²) >= 11 is 1.59. The van der Waals surface area contributed by atoms with E-state index in [1.54, 1.807) is 11.8 Å². The number of ether oxygens (including phenoxy) is 2. The number of fused-ring (bicyclic) bond motifs is 4. The molecule has 0 bridgehead atoms. The first-order valence-corrected chi connectivity index (χ1v) is 11.0. The molecule has 148 valence electrons. The van der Waals surface area contributed by atoms with E-state index in [1.165, 1.54) is 5.56 Å². The van der Waals surface area contributed by atoms with Crippen LogP contribution in [0, 0.1) is 0 Å². The molecule has 30 heavy (non-hydrogen) atoms. The molecule has 1 spiro atoms. The van der Waals surface area contributed by atoms with Crippen LogP contribution in [0.5, 0.6) is 17.2 Å². The minimum atomic E-state index is -0.757. The van der Waals surface area contributed by atoms with Crippen molar-refractivity contribution < 1.29 is 14.6 Å². The number of rotatable bonds is 2. The second-order valence-corrected chi connectivity index (χ2v) is 8.93. The van der Waals surface area contributed by atoms with Gasteiger partial charge < -0.3 is 14.6 Å². The predicted molar refractivity (Wildman–Crippen MR) is 119 cm³/mol. The van der Waals surface area contributed by atoms with E-state index in [0.29, 0.717) is 12.2 Å². The minimum absolute atomic E-state index is 0.303. The Morgan fingerprint density at radius 1 is 0.800 bits per heavy atom. The van der Waals surface area contributed by atoms with Gasteiger partial charge in [-0.1, -0.05) is 72.4 Å². The van der Waals surface area contributed by atoms with Gasteiger partial charge in [-0.15, -0.1) is 0 Å². The Kier molecular flexibility index (Phi) is 3.96. The number of hydrogen-bond donors (Lipinski definition) is 1. The second kappa shape index (κ2) is 6.71. The number of phenols is 1. The van der Waals surface area contributed by atoms with Crippen molar-refractivity contribution in [2.24, 2.45) is 0 Å². The van der Waals surface area contributed by atoms with E-state index in [1.807, 2.05) is 54.6 Å². The van der Waals surface area contributed by atoms with Gasteiger partial charge in [0, 0.05) is 27.7 Å². The Hall–Kier alpha value is -3.11. The Morgan fingerprint density at radius 3 is 2.40 bits per heavy atom. The zero-order valence-corrected chi connectivity index (χ0v) is 17.1. The summed E-state index contributed by atoms with van der Waals surface area (Å²) in [5.74, 6) is 1.17. The summed E-state index contributed by atoms with van der Waals surface area (Å²) in [5, 5.41) is 13.3. The maximum Gasteiger partial charge on any atom is 0.255 e. The van der Waals surface area contributed by atoms with Gasteiger partial charge in [0.05, 0.1) is 11.3 Å². The summed E-state index contributed by atoms with van der Waals surface area (Å²) in [6.45, 7) is 0. The van der Waals surface area contributed by atoms with Crippen molar-refractivity contribution >= 4 is 22.5 Å². The van der Waals surface area contributed by atoms with E-state index in [4.69, 9.17) is 9.47 Å². The van der Waals surface area contributed by atoms with Crippen molar-refractivity contribution in [2.75, 3.05) is 0 Å². The molecule has 2 aliphatic heterocycles. The number of benzene rings is 4. The molecule has 4 aromatic rings. The van der Waals surface area contributed by atoms with Gasteiger partial charge in [0.15, 0.2) is 0 Å². The highest BCUT2D eigenvalue weighted by atomic mass is 32.2. The van der Waals surface area contributed by atoms with Crippen LogP contribution in [0.3, 0.4) is 0 Å². The van der Waals surface area contributed by atoms with Crippen molar-refractivity contribution in [1.29, 1.82) is 0 Å². The molecule has 1 N–H and O–H groups in total. The zero-order valence-electron chi connectivity index (χ0n) is 16.3. The minimum Gasteiger partial charge on any atom is -0.506 e. The average Bonchev–Trinajstić information content (AvgIpc) is 3.16. The lowest BCUT2D eigenvalue weighted by molar-refractivity contribution is -0.110. The highest BCUT2D eigenvalue weighted by Gasteiger charge is 2.46. The lowest BCUT2D eigenvalue weighted by atomic mass is 9.95. The normalized spacial score (nSPS) is 19.2. The van der Waals surface area contributed by atoms with Crippen molar-refractivity contribution in [1.82, 2.24) is 0 Å². The SMILES string of the molecule is Oc1c2c(c3ccccc3c1Sc1ccccc1)OC1(CCc3ccccc3O1)C2. The molecule has 0 saturated carbocycles. The summed E-state index contributed by atoms with van der Waals surface area (Å²) in [5.41, 5.74) is 2.04. The van der Waals surface area contributed by atoms with E-state index in [2.05, 4.69) is 24.3 Å². The molecule has 3 nitrogen and oxygen atoms in total. The third-order valence-electron chi connectivity index (χ3n) is 5.93. The molecule has 0 radical (unpaired) electrons. The number of aryl methyl sites for hydroxylation is 1. The highest BCUT2D eigenvalue weighted by molar-refractivity contribution is 7.99. The van der Waals surface area contributed by atoms with Crippen LogP contribution in [0.4, 0.5) is 0 Å². The van der Waals surface area contributed by atoms with Gasteiger partial charge in [-0.2, -0.15) is 0 Å². The second-order valence-electron chi connectivity index (χ2n) is 7.85. The molecule has 0 saturated heterocycles. The van der Waals surface area contributed by atoms with Gasteiger partial charge in [0.2, 0.25) is 0 Å². The Labute approximate surface area is 179 Å². The predicted octanol–water partition coefficient (Wildman–Crippen LogP) is 6.35. The van der Waals surface area contributed by atoms with Crippen LogP contribution >= 0.6 is 11.8 Å². The Bertz CT molecular complexity index is 1270. The number of aromatic hydroxyl groups is 1. The Morgan fingerprint density at radius 2 is 1.53 bits per heavy atom. The maximum atomic E-state index is 11.3. The first-order valence-electron chi connectivity index (χ1n) is 10.2. The van der Waals surface area contributed by atoms with E-state index >= 15 is 0 Å². The van der Waals surface area contributed by atoms with Crippen molar-refractivity contribution in [3.8, 4) is 17.2 Å². The average molecular weight is 413 g/mol. The van der Waals surface area contributed by atoms with Gasteiger partial charge >= 0.3 is 0 Å². The summed E-state index contributed by atoms with van der Waals surface area (Å²) in [6, 6.07) is 26.4. The number of para-hydroxylation sites is 1. The van der Waals surface area contributed by atoms with E-state index < -0.39 is 5.79 Å². The van der Waals surface area contributed by atoms with Crippen LogP contribution in [0.2, 0.25) is 0 Å². The molecule has 1 atom stereocenters. The lowest BCUT2D eigenvalue weighted by Crippen LogP contribution is -2.44. The molecule has 4 aromatic carbocycles. The molecule has 0 aliphatic carbocycles. The van der Waals surface area contributed by atoms with Crippen LogP contribution in [-0.4, -0.2) is 10.9 Å². The summed E-state index contributed by atoms with van der Waals surface area (Å²) in [7, 11) is 0. The molecule has 2 heterocycles. The van der Waals surface area contributed by atoms with Crippen molar-refractivity contribution in [3.05, 3.63) is 90.0 Å². The fraction of sp³-hybridized carbons (Fsp3) is 0.154. The molecule has 0 fully saturated rings. The third kappa shape index (κ3) is 2.75. The third-order valence-corrected chi connectivity index (χ3v) is 7.06. The van der Waals surface area contributed by atoms with Crippen LogP contribution in [-0.2, 0) is 12.8 Å². The fourth-order valence-electron chi connectivity index (χ4n) is 4.48. The van der Waals surface area contributed by atoms with E-state index in [-0.39, 0.29) is 0 Å². The smallest absolute Gasteiger partial charge is 0.255 e. The molecule has 0 amide bonds. The molecule has 6 rings (SSSR count). The molecule has 2 aliphatic rings. The van der Waals surface area contributed by atoms with Gasteiger partial charge in [0.1, 0.15) is 17.2 Å². The molecule has 1 unspecified atom stereocenters. The standard InChI is InChI=1S/C26H20O3S/c27-23-21-16-26(15-14-17-8-4-7-13-22(17)28-26)29-24(21)19-11-5-6-12-20(19)25(23)30-18-9-2-1-3-10-18/h1-13,27H,14-16H2. The van der Waals surface area contributed by atoms with Crippen LogP contribution < -0.4 is 9.47 Å². The molecular weight excluding hydrogens is 392 g/mol. The first kappa shape index (κ1) is 17.7. The largest absolute Gasteiger partial charge is 0.506 e. The number of hydrogen-bond acceptors (Lipinski definition) is 4. The maximum absolute atomic E-state index is 11.3. The van der Waals surface area contributed by atoms with Gasteiger partial charge in [-0.25, -0.2) is 0 Å². The monoisotopic (exact) mass is 412 g/mol. The van der Waals surface area contributed by atoms with Crippen LogP contribution in [0.25, 0.3) is 10.8 Å². The first-order chi connectivity index (χ1) is 14.7. The summed E-state index contributed by atoms with van der Waals surface area (Å²) in [6.07, 6.45) is 2.19. The zero-order chi connectivity index (χ0) is 20.1. The number of phenolic OH excluding ortho intramolecular Hbond substituents is 1. The highest BCUT2D eigenvalue weighted by Crippen LogP contribution is 2.53. The van der Waals surface area contributed by atoms with Crippen molar-refractivity contribution in [3.63, 3.8) is 0 Å². The van der Waals surface area contributed by atoms with Gasteiger partial charge in [0.25, 0.3) is 5.79 Å². The quantitative estimate of drug-likeness (QED) is 0.416. The van der Waals surface area contributed by atoms with Gasteiger partial charge in [-0.3, -0.25) is 0 Å². The van der Waals surface area contributed by atoms with Crippen LogP contribution in [0.15, 0.2) is 88.7 Å².